The van der Waals surface area contributed by atoms with Gasteiger partial charge < -0.3 is 15.4 Å². The van der Waals surface area contributed by atoms with Gasteiger partial charge in [-0.05, 0) is 37.4 Å². The molecular weight excluding hydrogens is 350 g/mol. The molecule has 0 aromatic heterocycles. The van der Waals surface area contributed by atoms with Gasteiger partial charge in [0.15, 0.2) is 5.96 Å². The number of hydrogen-bond acceptors (Lipinski definition) is 4. The monoisotopic (exact) mass is 387 g/mol. The number of hydrogen-bond donors (Lipinski definition) is 2. The zero-order chi connectivity index (χ0) is 19.6. The average Bonchev–Trinajstić information content (AvgIpc) is 2.74. The molecule has 2 aliphatic rings. The molecule has 1 aromatic rings. The fraction of sp³-hybridized carbons (Fsp3) is 0.682. The summed E-state index contributed by atoms with van der Waals surface area (Å²) in [6.45, 7) is 11.1. The molecule has 156 valence electrons. The quantitative estimate of drug-likeness (QED) is 0.554. The maximum atomic E-state index is 5.41. The highest BCUT2D eigenvalue weighted by Gasteiger charge is 2.19. The molecule has 3 rings (SSSR count). The molecule has 1 unspecified atom stereocenters. The van der Waals surface area contributed by atoms with Gasteiger partial charge in [-0.2, -0.15) is 0 Å². The molecule has 6 nitrogen and oxygen atoms in total. The third-order valence-electron chi connectivity index (χ3n) is 5.93. The minimum atomic E-state index is 0.685. The minimum Gasteiger partial charge on any atom is -0.379 e. The Labute approximate surface area is 170 Å². The normalized spacial score (nSPS) is 22.2. The first-order valence-corrected chi connectivity index (χ1v) is 10.8. The van der Waals surface area contributed by atoms with E-state index in [9.17, 15) is 0 Å². The number of rotatable bonds is 7. The van der Waals surface area contributed by atoms with E-state index in [1.165, 1.54) is 36.9 Å². The Bertz CT molecular complexity index is 615. The Kier molecular flexibility index (Phi) is 8.58. The first-order valence-electron chi connectivity index (χ1n) is 10.8. The fourth-order valence-corrected chi connectivity index (χ4v) is 4.05. The highest BCUT2D eigenvalue weighted by Crippen LogP contribution is 2.20. The lowest BCUT2D eigenvalue weighted by Crippen LogP contribution is -2.44. The van der Waals surface area contributed by atoms with Crippen molar-refractivity contribution in [1.82, 2.24) is 20.4 Å². The van der Waals surface area contributed by atoms with E-state index in [0.29, 0.717) is 6.04 Å². The van der Waals surface area contributed by atoms with Crippen LogP contribution in [0.2, 0.25) is 0 Å². The van der Waals surface area contributed by atoms with Crippen LogP contribution in [0, 0.1) is 0 Å². The fourth-order valence-electron chi connectivity index (χ4n) is 4.05. The predicted octanol–water partition coefficient (Wildman–Crippen LogP) is 2.06. The van der Waals surface area contributed by atoms with Crippen LogP contribution in [0.25, 0.3) is 0 Å². The Morgan fingerprint density at radius 2 is 1.89 bits per heavy atom. The smallest absolute Gasteiger partial charge is 0.191 e. The molecule has 0 aliphatic carbocycles. The van der Waals surface area contributed by atoms with E-state index in [2.05, 4.69) is 56.6 Å². The van der Waals surface area contributed by atoms with Crippen molar-refractivity contribution in [2.24, 2.45) is 4.99 Å². The van der Waals surface area contributed by atoms with E-state index in [1.54, 1.807) is 0 Å². The maximum Gasteiger partial charge on any atom is 0.191 e. The van der Waals surface area contributed by atoms with E-state index in [0.717, 1.165) is 58.4 Å². The second-order valence-corrected chi connectivity index (χ2v) is 7.89. The molecule has 2 N–H and O–H groups in total. The van der Waals surface area contributed by atoms with Gasteiger partial charge in [-0.15, -0.1) is 0 Å². The summed E-state index contributed by atoms with van der Waals surface area (Å²) in [7, 11) is 1.84. The Hall–Kier alpha value is -1.63. The lowest BCUT2D eigenvalue weighted by atomic mass is 10.0. The van der Waals surface area contributed by atoms with Crippen molar-refractivity contribution >= 4 is 5.96 Å². The topological polar surface area (TPSA) is 52.1 Å². The van der Waals surface area contributed by atoms with Gasteiger partial charge in [-0.1, -0.05) is 30.7 Å². The number of guanidine groups is 1. The maximum absolute atomic E-state index is 5.41. The molecule has 0 radical (unpaired) electrons. The van der Waals surface area contributed by atoms with Crippen LogP contribution >= 0.6 is 0 Å². The summed E-state index contributed by atoms with van der Waals surface area (Å²) in [6.07, 6.45) is 4.01. The molecule has 0 spiro atoms. The number of benzene rings is 1. The van der Waals surface area contributed by atoms with Gasteiger partial charge in [0.05, 0.1) is 13.2 Å². The van der Waals surface area contributed by atoms with Crippen molar-refractivity contribution in [3.63, 3.8) is 0 Å². The van der Waals surface area contributed by atoms with Crippen LogP contribution in [-0.4, -0.2) is 74.8 Å². The van der Waals surface area contributed by atoms with E-state index in [4.69, 9.17) is 4.74 Å². The minimum absolute atomic E-state index is 0.685. The molecule has 0 amide bonds. The molecule has 6 heteroatoms. The summed E-state index contributed by atoms with van der Waals surface area (Å²) in [5.41, 5.74) is 2.78. The molecule has 2 heterocycles. The summed E-state index contributed by atoms with van der Waals surface area (Å²) in [6, 6.07) is 9.48. The van der Waals surface area contributed by atoms with Crippen LogP contribution < -0.4 is 10.6 Å². The molecule has 0 saturated carbocycles. The largest absolute Gasteiger partial charge is 0.379 e. The summed E-state index contributed by atoms with van der Waals surface area (Å²) in [5, 5.41) is 6.93. The Morgan fingerprint density at radius 1 is 1.11 bits per heavy atom. The lowest BCUT2D eigenvalue weighted by Gasteiger charge is -2.33. The molecule has 2 aliphatic heterocycles. The van der Waals surface area contributed by atoms with Crippen molar-refractivity contribution < 1.29 is 4.74 Å². The van der Waals surface area contributed by atoms with E-state index >= 15 is 0 Å². The van der Waals surface area contributed by atoms with Gasteiger partial charge in [-0.3, -0.25) is 14.8 Å². The van der Waals surface area contributed by atoms with Crippen LogP contribution in [0.5, 0.6) is 0 Å². The molecule has 1 aromatic carbocycles. The summed E-state index contributed by atoms with van der Waals surface area (Å²) in [5.74, 6) is 0.870. The van der Waals surface area contributed by atoms with Crippen LogP contribution in [-0.2, 0) is 17.8 Å². The van der Waals surface area contributed by atoms with Gasteiger partial charge in [0.25, 0.3) is 0 Å². The second-order valence-electron chi connectivity index (χ2n) is 7.89. The van der Waals surface area contributed by atoms with Crippen molar-refractivity contribution in [1.29, 1.82) is 0 Å². The second kappa shape index (κ2) is 11.4. The number of nitrogens with zero attached hydrogens (tertiary/aromatic N) is 3. The SMILES string of the molecule is CN=C(NCCN1CCOCC1)NCc1ccccc1CN1CCCCC1C. The first-order chi connectivity index (χ1) is 13.8. The summed E-state index contributed by atoms with van der Waals surface area (Å²) >= 11 is 0. The highest BCUT2D eigenvalue weighted by molar-refractivity contribution is 5.79. The van der Waals surface area contributed by atoms with Crippen molar-refractivity contribution in [3.8, 4) is 0 Å². The van der Waals surface area contributed by atoms with Gasteiger partial charge in [0.1, 0.15) is 0 Å². The predicted molar refractivity (Wildman–Crippen MR) is 116 cm³/mol. The van der Waals surface area contributed by atoms with E-state index in [-0.39, 0.29) is 0 Å². The molecule has 0 bridgehead atoms. The van der Waals surface area contributed by atoms with Crippen LogP contribution in [0.1, 0.15) is 37.3 Å². The lowest BCUT2D eigenvalue weighted by molar-refractivity contribution is 0.0389. The molecule has 1 atom stereocenters. The van der Waals surface area contributed by atoms with Crippen molar-refractivity contribution in [2.75, 3.05) is 53.0 Å². The standard InChI is InChI=1S/C22H37N5O/c1-19-7-5-6-11-27(19)18-21-9-4-3-8-20(21)17-25-22(23-2)24-10-12-26-13-15-28-16-14-26/h3-4,8-9,19H,5-7,10-18H2,1-2H3,(H2,23,24,25). The number of ether oxygens (including phenoxy) is 1. The Balaban J connectivity index is 1.47. The van der Waals surface area contributed by atoms with Crippen LogP contribution in [0.3, 0.4) is 0 Å². The highest BCUT2D eigenvalue weighted by atomic mass is 16.5. The number of morpholine rings is 1. The van der Waals surface area contributed by atoms with Gasteiger partial charge in [-0.25, -0.2) is 0 Å². The molecule has 2 saturated heterocycles. The van der Waals surface area contributed by atoms with E-state index in [1.807, 2.05) is 7.05 Å². The zero-order valence-corrected chi connectivity index (χ0v) is 17.6. The first kappa shape index (κ1) is 21.1. The zero-order valence-electron chi connectivity index (χ0n) is 17.6. The van der Waals surface area contributed by atoms with Gasteiger partial charge >= 0.3 is 0 Å². The van der Waals surface area contributed by atoms with Gasteiger partial charge in [0.2, 0.25) is 0 Å². The van der Waals surface area contributed by atoms with Crippen LogP contribution in [0.15, 0.2) is 29.3 Å². The van der Waals surface area contributed by atoms with Crippen molar-refractivity contribution in [2.45, 2.75) is 45.3 Å². The third kappa shape index (κ3) is 6.47. The number of nitrogens with one attached hydrogen (secondary N) is 2. The molecule has 28 heavy (non-hydrogen) atoms. The molecule has 2 fully saturated rings. The third-order valence-corrected chi connectivity index (χ3v) is 5.93. The number of piperidine rings is 1. The number of aliphatic imine (C=N–C) groups is 1. The van der Waals surface area contributed by atoms with Gasteiger partial charge in [0, 0.05) is 52.4 Å². The summed E-state index contributed by atoms with van der Waals surface area (Å²) in [4.78, 5) is 9.44. The molecular formula is C22H37N5O. The van der Waals surface area contributed by atoms with Crippen molar-refractivity contribution in [3.05, 3.63) is 35.4 Å². The number of likely N-dealkylation sites (tertiary alicyclic amines) is 1. The summed E-state index contributed by atoms with van der Waals surface area (Å²) < 4.78 is 5.41. The van der Waals surface area contributed by atoms with E-state index < -0.39 is 0 Å². The average molecular weight is 388 g/mol. The van der Waals surface area contributed by atoms with Crippen LogP contribution in [0.4, 0.5) is 0 Å². The Morgan fingerprint density at radius 3 is 2.64 bits per heavy atom.